The molecule has 1 heterocycles. The van der Waals surface area contributed by atoms with E-state index in [0.717, 1.165) is 17.5 Å². The smallest absolute Gasteiger partial charge is 0.337 e. The van der Waals surface area contributed by atoms with Crippen molar-refractivity contribution in [1.29, 1.82) is 5.26 Å². The molecule has 0 atom stereocenters. The average molecular weight is 355 g/mol. The van der Waals surface area contributed by atoms with Gasteiger partial charge in [0, 0.05) is 5.69 Å². The topological polar surface area (TPSA) is 103 Å². The van der Waals surface area contributed by atoms with Gasteiger partial charge in [-0.2, -0.15) is 5.26 Å². The molecule has 0 aliphatic rings. The van der Waals surface area contributed by atoms with Crippen molar-refractivity contribution in [3.8, 4) is 6.07 Å². The van der Waals surface area contributed by atoms with Gasteiger partial charge in [0.1, 0.15) is 11.1 Å². The number of amides is 1. The summed E-state index contributed by atoms with van der Waals surface area (Å²) >= 11 is 1.15. The maximum Gasteiger partial charge on any atom is 0.337 e. The Morgan fingerprint density at radius 3 is 2.64 bits per heavy atom. The number of nitriles is 1. The summed E-state index contributed by atoms with van der Waals surface area (Å²) in [6.07, 6.45) is 0. The quantitative estimate of drug-likeness (QED) is 0.769. The van der Waals surface area contributed by atoms with Gasteiger partial charge in [0.25, 0.3) is 0 Å². The van der Waals surface area contributed by atoms with Gasteiger partial charge in [-0.1, -0.05) is 37.7 Å². The molecule has 1 aromatic carbocycles. The van der Waals surface area contributed by atoms with Gasteiger partial charge in [-0.25, -0.2) is 9.78 Å². The number of carboxylic acids is 1. The zero-order valence-electron chi connectivity index (χ0n) is 13.8. The third kappa shape index (κ3) is 4.81. The second-order valence-electron chi connectivity index (χ2n) is 5.54. The first-order valence-corrected chi connectivity index (χ1v) is 8.57. The van der Waals surface area contributed by atoms with Crippen LogP contribution in [0.2, 0.25) is 0 Å². The zero-order valence-corrected chi connectivity index (χ0v) is 14.6. The van der Waals surface area contributed by atoms with Crippen LogP contribution in [0.5, 0.6) is 0 Å². The number of nitrogens with one attached hydrogen (secondary N) is 1. The number of thioether (sulfide) groups is 1. The van der Waals surface area contributed by atoms with Crippen molar-refractivity contribution in [2.24, 2.45) is 0 Å². The summed E-state index contributed by atoms with van der Waals surface area (Å²) in [6, 6.07) is 11.8. The van der Waals surface area contributed by atoms with Crippen LogP contribution in [-0.4, -0.2) is 27.7 Å². The van der Waals surface area contributed by atoms with Gasteiger partial charge in [0.05, 0.1) is 22.6 Å². The molecule has 0 aliphatic heterocycles. The van der Waals surface area contributed by atoms with Crippen molar-refractivity contribution in [3.05, 3.63) is 53.2 Å². The number of hydrogen-bond donors (Lipinski definition) is 2. The van der Waals surface area contributed by atoms with Crippen LogP contribution >= 0.6 is 11.8 Å². The van der Waals surface area contributed by atoms with E-state index in [-0.39, 0.29) is 28.8 Å². The Hall–Kier alpha value is -2.85. The number of carboxylic acid groups (broad SMARTS) is 1. The predicted molar refractivity (Wildman–Crippen MR) is 95.8 cm³/mol. The highest BCUT2D eigenvalue weighted by Crippen LogP contribution is 2.24. The Morgan fingerprint density at radius 2 is 2.00 bits per heavy atom. The van der Waals surface area contributed by atoms with Gasteiger partial charge in [0.2, 0.25) is 5.91 Å². The molecule has 0 saturated heterocycles. The fraction of sp³-hybridized carbons (Fsp3) is 0.222. The molecule has 128 valence electrons. The van der Waals surface area contributed by atoms with Gasteiger partial charge < -0.3 is 10.4 Å². The summed E-state index contributed by atoms with van der Waals surface area (Å²) in [5.41, 5.74) is 1.52. The minimum atomic E-state index is -1.11. The van der Waals surface area contributed by atoms with Gasteiger partial charge >= 0.3 is 5.97 Å². The molecule has 0 spiro atoms. The monoisotopic (exact) mass is 355 g/mol. The Morgan fingerprint density at radius 1 is 1.28 bits per heavy atom. The van der Waals surface area contributed by atoms with Gasteiger partial charge in [-0.15, -0.1) is 0 Å². The number of benzene rings is 1. The van der Waals surface area contributed by atoms with Crippen LogP contribution in [0.3, 0.4) is 0 Å². The summed E-state index contributed by atoms with van der Waals surface area (Å²) in [4.78, 5) is 27.7. The van der Waals surface area contributed by atoms with E-state index in [1.54, 1.807) is 24.3 Å². The molecule has 6 nitrogen and oxygen atoms in total. The number of hydrogen-bond acceptors (Lipinski definition) is 5. The van der Waals surface area contributed by atoms with Crippen LogP contribution in [0.1, 0.15) is 41.4 Å². The molecule has 2 N–H and O–H groups in total. The maximum atomic E-state index is 12.1. The third-order valence-electron chi connectivity index (χ3n) is 3.37. The summed E-state index contributed by atoms with van der Waals surface area (Å²) in [5.74, 6) is -1.23. The summed E-state index contributed by atoms with van der Waals surface area (Å²) < 4.78 is 0. The van der Waals surface area contributed by atoms with Crippen LogP contribution in [0.15, 0.2) is 41.4 Å². The standard InChI is InChI=1S/C18H17N3O3S/c1-11(2)14-8-7-12(9-19)17(21-14)25-10-16(22)20-15-6-4-3-5-13(15)18(23)24/h3-8,11H,10H2,1-2H3,(H,20,22)(H,23,24). The lowest BCUT2D eigenvalue weighted by Crippen LogP contribution is -2.16. The van der Waals surface area contributed by atoms with E-state index in [1.165, 1.54) is 12.1 Å². The van der Waals surface area contributed by atoms with E-state index in [1.807, 2.05) is 13.8 Å². The van der Waals surface area contributed by atoms with E-state index in [4.69, 9.17) is 5.11 Å². The first-order chi connectivity index (χ1) is 11.9. The molecule has 25 heavy (non-hydrogen) atoms. The van der Waals surface area contributed by atoms with E-state index in [9.17, 15) is 14.9 Å². The second-order valence-corrected chi connectivity index (χ2v) is 6.51. The number of para-hydroxylation sites is 1. The molecule has 0 saturated carbocycles. The highest BCUT2D eigenvalue weighted by atomic mass is 32.2. The number of pyridine rings is 1. The lowest BCUT2D eigenvalue weighted by Gasteiger charge is -2.10. The number of carbonyl (C=O) groups excluding carboxylic acids is 1. The van der Waals surface area contributed by atoms with Crippen molar-refractivity contribution >= 4 is 29.3 Å². The van der Waals surface area contributed by atoms with Crippen molar-refractivity contribution in [2.45, 2.75) is 24.8 Å². The van der Waals surface area contributed by atoms with Crippen molar-refractivity contribution in [1.82, 2.24) is 4.98 Å². The minimum Gasteiger partial charge on any atom is -0.478 e. The third-order valence-corrected chi connectivity index (χ3v) is 4.36. The lowest BCUT2D eigenvalue weighted by molar-refractivity contribution is -0.113. The Balaban J connectivity index is 2.09. The van der Waals surface area contributed by atoms with Crippen molar-refractivity contribution in [3.63, 3.8) is 0 Å². The van der Waals surface area contributed by atoms with E-state index >= 15 is 0 Å². The van der Waals surface area contributed by atoms with Crippen molar-refractivity contribution in [2.75, 3.05) is 11.1 Å². The molecule has 1 amide bonds. The minimum absolute atomic E-state index is 0.0250. The molecule has 0 unspecified atom stereocenters. The molecule has 0 aliphatic carbocycles. The van der Waals surface area contributed by atoms with Crippen LogP contribution in [-0.2, 0) is 4.79 Å². The normalized spacial score (nSPS) is 10.3. The zero-order chi connectivity index (χ0) is 18.4. The summed E-state index contributed by atoms with van der Waals surface area (Å²) in [7, 11) is 0. The van der Waals surface area contributed by atoms with Crippen LogP contribution in [0, 0.1) is 11.3 Å². The van der Waals surface area contributed by atoms with Gasteiger partial charge in [0.15, 0.2) is 0 Å². The number of aromatic nitrogens is 1. The van der Waals surface area contributed by atoms with Crippen LogP contribution in [0.25, 0.3) is 0 Å². The maximum absolute atomic E-state index is 12.1. The van der Waals surface area contributed by atoms with E-state index in [2.05, 4.69) is 16.4 Å². The highest BCUT2D eigenvalue weighted by molar-refractivity contribution is 8.00. The molecule has 0 bridgehead atoms. The molecule has 1 aromatic heterocycles. The Kier molecular flexibility index (Phi) is 6.14. The molecular formula is C18H17N3O3S. The molecule has 0 fully saturated rings. The van der Waals surface area contributed by atoms with Gasteiger partial charge in [-0.3, -0.25) is 4.79 Å². The average Bonchev–Trinajstić information content (AvgIpc) is 2.59. The van der Waals surface area contributed by atoms with Crippen LogP contribution < -0.4 is 5.32 Å². The second kappa shape index (κ2) is 8.31. The number of carbonyl (C=O) groups is 2. The van der Waals surface area contributed by atoms with Crippen LogP contribution in [0.4, 0.5) is 5.69 Å². The summed E-state index contributed by atoms with van der Waals surface area (Å²) in [5, 5.41) is 21.4. The number of anilines is 1. The van der Waals surface area contributed by atoms with E-state index in [0.29, 0.717) is 10.6 Å². The predicted octanol–water partition coefficient (Wildman–Crippen LogP) is 3.51. The lowest BCUT2D eigenvalue weighted by atomic mass is 10.1. The number of nitrogens with zero attached hydrogens (tertiary/aromatic N) is 2. The Labute approximate surface area is 149 Å². The molecule has 2 rings (SSSR count). The highest BCUT2D eigenvalue weighted by Gasteiger charge is 2.14. The number of rotatable bonds is 6. The fourth-order valence-corrected chi connectivity index (χ4v) is 2.85. The molecule has 0 radical (unpaired) electrons. The van der Waals surface area contributed by atoms with Crippen molar-refractivity contribution < 1.29 is 14.7 Å². The molecule has 7 heteroatoms. The van der Waals surface area contributed by atoms with Gasteiger partial charge in [-0.05, 0) is 30.2 Å². The Bertz CT molecular complexity index is 844. The first-order valence-electron chi connectivity index (χ1n) is 7.58. The summed E-state index contributed by atoms with van der Waals surface area (Å²) in [6.45, 7) is 4.00. The molecule has 2 aromatic rings. The first kappa shape index (κ1) is 18.5. The van der Waals surface area contributed by atoms with E-state index < -0.39 is 5.97 Å². The fourth-order valence-electron chi connectivity index (χ4n) is 2.07. The number of aromatic carboxylic acids is 1. The SMILES string of the molecule is CC(C)c1ccc(C#N)c(SCC(=O)Nc2ccccc2C(=O)O)n1. The largest absolute Gasteiger partial charge is 0.478 e. The molecular weight excluding hydrogens is 338 g/mol.